The third-order valence-electron chi connectivity index (χ3n) is 5.80. The van der Waals surface area contributed by atoms with E-state index in [1.54, 1.807) is 18.6 Å². The number of halogens is 3. The largest absolute Gasteiger partial charge is 0.416 e. The van der Waals surface area contributed by atoms with E-state index in [1.807, 2.05) is 18.2 Å². The molecule has 1 saturated carbocycles. The number of aromatic nitrogens is 3. The first-order valence-corrected chi connectivity index (χ1v) is 10.1. The number of carbonyl (C=O) groups excluding carboxylic acids is 1. The van der Waals surface area contributed by atoms with Gasteiger partial charge in [0.25, 0.3) is 0 Å². The topological polar surface area (TPSA) is 82.9 Å². The molecule has 0 bridgehead atoms. The fraction of sp³-hybridized carbons (Fsp3) is 0.217. The van der Waals surface area contributed by atoms with Gasteiger partial charge in [-0.3, -0.25) is 4.79 Å². The molecule has 2 aromatic carbocycles. The Morgan fingerprint density at radius 3 is 2.56 bits per heavy atom. The van der Waals surface area contributed by atoms with Crippen LogP contribution < -0.4 is 5.32 Å². The second-order valence-electron chi connectivity index (χ2n) is 7.99. The van der Waals surface area contributed by atoms with Gasteiger partial charge in [-0.05, 0) is 54.8 Å². The van der Waals surface area contributed by atoms with Crippen molar-refractivity contribution in [2.24, 2.45) is 5.92 Å². The molecule has 0 radical (unpaired) electrons. The molecular formula is C23H19F3N4O2. The van der Waals surface area contributed by atoms with E-state index in [4.69, 9.17) is 0 Å². The molecule has 1 amide bonds. The van der Waals surface area contributed by atoms with E-state index in [9.17, 15) is 23.1 Å². The quantitative estimate of drug-likeness (QED) is 0.428. The van der Waals surface area contributed by atoms with Gasteiger partial charge in [-0.2, -0.15) is 18.3 Å². The number of aliphatic hydroxyl groups excluding tert-OH is 1. The lowest BCUT2D eigenvalue weighted by Gasteiger charge is -2.29. The monoisotopic (exact) mass is 440 g/mol. The van der Waals surface area contributed by atoms with Gasteiger partial charge in [0, 0.05) is 34.8 Å². The number of fused-ring (bicyclic) bond motifs is 1. The number of amides is 1. The molecule has 1 aliphatic carbocycles. The summed E-state index contributed by atoms with van der Waals surface area (Å²) in [6, 6.07) is 10.5. The molecule has 164 valence electrons. The zero-order valence-electron chi connectivity index (χ0n) is 16.7. The van der Waals surface area contributed by atoms with Crippen molar-refractivity contribution in [3.8, 4) is 16.8 Å². The fourth-order valence-electron chi connectivity index (χ4n) is 3.86. The molecule has 6 nitrogen and oxygen atoms in total. The summed E-state index contributed by atoms with van der Waals surface area (Å²) in [6.45, 7) is 0. The number of hydrogen-bond acceptors (Lipinski definition) is 3. The number of H-pyrrole nitrogens is 1. The van der Waals surface area contributed by atoms with Crippen molar-refractivity contribution < 1.29 is 23.1 Å². The average Bonchev–Trinajstić information content (AvgIpc) is 3.38. The second kappa shape index (κ2) is 7.52. The van der Waals surface area contributed by atoms with Crippen molar-refractivity contribution in [1.82, 2.24) is 14.8 Å². The van der Waals surface area contributed by atoms with Gasteiger partial charge in [-0.1, -0.05) is 6.07 Å². The third-order valence-corrected chi connectivity index (χ3v) is 5.80. The summed E-state index contributed by atoms with van der Waals surface area (Å²) < 4.78 is 39.9. The number of nitrogens with one attached hydrogen (secondary N) is 2. The molecular weight excluding hydrogens is 421 g/mol. The number of aromatic amines is 1. The Kier molecular flexibility index (Phi) is 4.78. The van der Waals surface area contributed by atoms with Gasteiger partial charge in [0.1, 0.15) is 0 Å². The number of rotatable bonds is 4. The van der Waals surface area contributed by atoms with Gasteiger partial charge in [0.2, 0.25) is 5.91 Å². The standard InChI is InChI=1S/C23H19F3N4O2/c24-23(25,26)16-2-4-17(5-3-16)30-12-15(10-28-30)13-1-6-20-19(9-13)21(11-27-20)29-22(32)14-7-18(31)8-14/h1-6,9-12,14,18,27,31H,7-8H2,(H,29,32). The second-order valence-corrected chi connectivity index (χ2v) is 7.99. The number of alkyl halides is 3. The van der Waals surface area contributed by atoms with E-state index in [0.717, 1.165) is 34.2 Å². The Morgan fingerprint density at radius 1 is 1.12 bits per heavy atom. The van der Waals surface area contributed by atoms with Crippen LogP contribution in [0.2, 0.25) is 0 Å². The molecule has 2 heterocycles. The van der Waals surface area contributed by atoms with Gasteiger partial charge in [-0.15, -0.1) is 0 Å². The predicted molar refractivity (Wildman–Crippen MR) is 113 cm³/mol. The Hall–Kier alpha value is -3.59. The lowest BCUT2D eigenvalue weighted by atomic mass is 9.82. The van der Waals surface area contributed by atoms with Crippen LogP contribution in [-0.4, -0.2) is 31.9 Å². The lowest BCUT2D eigenvalue weighted by Crippen LogP contribution is -2.37. The van der Waals surface area contributed by atoms with Gasteiger partial charge >= 0.3 is 6.18 Å². The van der Waals surface area contributed by atoms with Crippen LogP contribution in [0.25, 0.3) is 27.7 Å². The normalized spacial score (nSPS) is 18.5. The van der Waals surface area contributed by atoms with Crippen molar-refractivity contribution in [2.45, 2.75) is 25.1 Å². The minimum absolute atomic E-state index is 0.114. The Bertz CT molecular complexity index is 1280. The first kappa shape index (κ1) is 20.3. The summed E-state index contributed by atoms with van der Waals surface area (Å²) in [5, 5.41) is 17.4. The number of benzene rings is 2. The summed E-state index contributed by atoms with van der Waals surface area (Å²) in [5.41, 5.74) is 2.95. The van der Waals surface area contributed by atoms with E-state index in [2.05, 4.69) is 15.4 Å². The van der Waals surface area contributed by atoms with Crippen molar-refractivity contribution in [3.05, 3.63) is 66.6 Å². The molecule has 0 spiro atoms. The highest BCUT2D eigenvalue weighted by Gasteiger charge is 2.33. The molecule has 4 aromatic rings. The van der Waals surface area contributed by atoms with E-state index < -0.39 is 17.8 Å². The average molecular weight is 440 g/mol. The maximum absolute atomic E-state index is 12.8. The Morgan fingerprint density at radius 2 is 1.88 bits per heavy atom. The predicted octanol–water partition coefficient (Wildman–Crippen LogP) is 4.75. The van der Waals surface area contributed by atoms with Crippen LogP contribution in [-0.2, 0) is 11.0 Å². The first-order chi connectivity index (χ1) is 15.3. The van der Waals surface area contributed by atoms with Gasteiger partial charge in [0.15, 0.2) is 0 Å². The molecule has 9 heteroatoms. The van der Waals surface area contributed by atoms with E-state index in [0.29, 0.717) is 24.2 Å². The molecule has 1 fully saturated rings. The van der Waals surface area contributed by atoms with E-state index in [-0.39, 0.29) is 11.8 Å². The molecule has 1 aliphatic rings. The van der Waals surface area contributed by atoms with Crippen LogP contribution in [0.5, 0.6) is 0 Å². The van der Waals surface area contributed by atoms with Crippen LogP contribution in [0, 0.1) is 5.92 Å². The van der Waals surface area contributed by atoms with Crippen LogP contribution >= 0.6 is 0 Å². The van der Waals surface area contributed by atoms with E-state index in [1.165, 1.54) is 16.8 Å². The molecule has 0 saturated heterocycles. The number of anilines is 1. The zero-order valence-corrected chi connectivity index (χ0v) is 16.7. The minimum Gasteiger partial charge on any atom is -0.393 e. The molecule has 3 N–H and O–H groups in total. The summed E-state index contributed by atoms with van der Waals surface area (Å²) in [6.07, 6.45) is 1.27. The third kappa shape index (κ3) is 3.75. The molecule has 0 atom stereocenters. The molecule has 0 aliphatic heterocycles. The van der Waals surface area contributed by atoms with Crippen molar-refractivity contribution in [3.63, 3.8) is 0 Å². The molecule has 0 unspecified atom stereocenters. The van der Waals surface area contributed by atoms with E-state index >= 15 is 0 Å². The fourth-order valence-corrected chi connectivity index (χ4v) is 3.86. The smallest absolute Gasteiger partial charge is 0.393 e. The maximum Gasteiger partial charge on any atom is 0.416 e. The van der Waals surface area contributed by atoms with Crippen LogP contribution in [0.3, 0.4) is 0 Å². The highest BCUT2D eigenvalue weighted by molar-refractivity contribution is 6.03. The summed E-state index contributed by atoms with van der Waals surface area (Å²) >= 11 is 0. The molecule has 2 aromatic heterocycles. The Labute approximate surface area is 180 Å². The summed E-state index contributed by atoms with van der Waals surface area (Å²) in [7, 11) is 0. The van der Waals surface area contributed by atoms with Crippen LogP contribution in [0.1, 0.15) is 18.4 Å². The molecule has 32 heavy (non-hydrogen) atoms. The first-order valence-electron chi connectivity index (χ1n) is 10.1. The van der Waals surface area contributed by atoms with Crippen LogP contribution in [0.4, 0.5) is 18.9 Å². The number of nitrogens with zero attached hydrogens (tertiary/aromatic N) is 2. The minimum atomic E-state index is -4.38. The maximum atomic E-state index is 12.8. The van der Waals surface area contributed by atoms with Gasteiger partial charge in [0.05, 0.1) is 29.2 Å². The molecule has 5 rings (SSSR count). The van der Waals surface area contributed by atoms with Gasteiger partial charge in [-0.25, -0.2) is 4.68 Å². The Balaban J connectivity index is 1.39. The lowest BCUT2D eigenvalue weighted by molar-refractivity contribution is -0.137. The van der Waals surface area contributed by atoms with Crippen molar-refractivity contribution >= 4 is 22.5 Å². The summed E-state index contributed by atoms with van der Waals surface area (Å²) in [5.74, 6) is -0.295. The van der Waals surface area contributed by atoms with Crippen molar-refractivity contribution in [2.75, 3.05) is 5.32 Å². The van der Waals surface area contributed by atoms with Crippen LogP contribution in [0.15, 0.2) is 61.1 Å². The summed E-state index contributed by atoms with van der Waals surface area (Å²) in [4.78, 5) is 15.5. The number of aliphatic hydroxyl groups is 1. The number of hydrogen-bond donors (Lipinski definition) is 3. The van der Waals surface area contributed by atoms with Gasteiger partial charge < -0.3 is 15.4 Å². The highest BCUT2D eigenvalue weighted by atomic mass is 19.4. The zero-order chi connectivity index (χ0) is 22.5. The highest BCUT2D eigenvalue weighted by Crippen LogP contribution is 2.33. The SMILES string of the molecule is O=C(Nc1c[nH]c2ccc(-c3cnn(-c4ccc(C(F)(F)F)cc4)c3)cc12)C1CC(O)C1. The van der Waals surface area contributed by atoms with Crippen molar-refractivity contribution in [1.29, 1.82) is 0 Å². The number of carbonyl (C=O) groups is 1.